The fourth-order valence-electron chi connectivity index (χ4n) is 4.14. The molecule has 1 aromatic heterocycles. The van der Waals surface area contributed by atoms with Crippen LogP contribution in [0.15, 0.2) is 54.9 Å². The lowest BCUT2D eigenvalue weighted by molar-refractivity contribution is -0.126. The number of hydrogen-bond acceptors (Lipinski definition) is 4. The Bertz CT molecular complexity index is 803. The lowest BCUT2D eigenvalue weighted by Crippen LogP contribution is -2.48. The third-order valence-corrected chi connectivity index (χ3v) is 5.90. The lowest BCUT2D eigenvalue weighted by Gasteiger charge is -2.35. The van der Waals surface area contributed by atoms with Crippen molar-refractivity contribution in [2.75, 3.05) is 49.1 Å². The number of benzene rings is 1. The summed E-state index contributed by atoms with van der Waals surface area (Å²) in [5.41, 5.74) is 3.54. The first-order chi connectivity index (χ1) is 14.3. The first-order valence-electron chi connectivity index (χ1n) is 10.8. The molecule has 0 atom stereocenters. The van der Waals surface area contributed by atoms with E-state index in [0.29, 0.717) is 0 Å². The number of aromatic nitrogens is 1. The van der Waals surface area contributed by atoms with Crippen molar-refractivity contribution in [1.82, 2.24) is 9.88 Å². The van der Waals surface area contributed by atoms with Crippen LogP contribution in [0, 0.1) is 0 Å². The van der Waals surface area contributed by atoms with Crippen LogP contribution in [-0.2, 0) is 4.79 Å². The fourth-order valence-corrected chi connectivity index (χ4v) is 4.14. The van der Waals surface area contributed by atoms with Crippen molar-refractivity contribution in [1.29, 1.82) is 0 Å². The molecular formula is C24H30N4O. The molecule has 5 nitrogen and oxygen atoms in total. The molecule has 2 aliphatic rings. The highest BCUT2D eigenvalue weighted by molar-refractivity contribution is 5.92. The van der Waals surface area contributed by atoms with Gasteiger partial charge < -0.3 is 14.7 Å². The van der Waals surface area contributed by atoms with E-state index in [1.807, 2.05) is 35.5 Å². The third-order valence-electron chi connectivity index (χ3n) is 5.90. The Morgan fingerprint density at radius 2 is 1.31 bits per heavy atom. The second kappa shape index (κ2) is 9.59. The van der Waals surface area contributed by atoms with Gasteiger partial charge in [-0.05, 0) is 48.7 Å². The summed E-state index contributed by atoms with van der Waals surface area (Å²) in [6.45, 7) is 5.51. The molecule has 0 N–H and O–H groups in total. The highest BCUT2D eigenvalue weighted by Crippen LogP contribution is 2.20. The van der Waals surface area contributed by atoms with Crippen molar-refractivity contribution < 1.29 is 4.79 Å². The van der Waals surface area contributed by atoms with E-state index in [2.05, 4.69) is 39.0 Å². The maximum Gasteiger partial charge on any atom is 0.246 e. The number of carbonyl (C=O) groups is 1. The van der Waals surface area contributed by atoms with Crippen molar-refractivity contribution in [3.63, 3.8) is 0 Å². The van der Waals surface area contributed by atoms with E-state index in [4.69, 9.17) is 0 Å². The Balaban J connectivity index is 1.29. The second-order valence-electron chi connectivity index (χ2n) is 7.84. The molecule has 5 heteroatoms. The Hall–Kier alpha value is -2.82. The van der Waals surface area contributed by atoms with Crippen LogP contribution in [0.3, 0.4) is 0 Å². The molecule has 4 rings (SSSR count). The monoisotopic (exact) mass is 390 g/mol. The van der Waals surface area contributed by atoms with Gasteiger partial charge in [0.05, 0.1) is 0 Å². The number of anilines is 2. The zero-order valence-electron chi connectivity index (χ0n) is 17.0. The van der Waals surface area contributed by atoms with E-state index < -0.39 is 0 Å². The second-order valence-corrected chi connectivity index (χ2v) is 7.84. The number of pyridine rings is 1. The minimum Gasteiger partial charge on any atom is -0.372 e. The van der Waals surface area contributed by atoms with Gasteiger partial charge in [0.15, 0.2) is 0 Å². The summed E-state index contributed by atoms with van der Waals surface area (Å²) in [6, 6.07) is 12.6. The predicted octanol–water partition coefficient (Wildman–Crippen LogP) is 3.82. The molecule has 0 saturated carbocycles. The van der Waals surface area contributed by atoms with Crippen molar-refractivity contribution in [3.8, 4) is 0 Å². The van der Waals surface area contributed by atoms with E-state index in [1.54, 1.807) is 6.08 Å². The zero-order valence-corrected chi connectivity index (χ0v) is 17.0. The summed E-state index contributed by atoms with van der Waals surface area (Å²) in [5, 5.41) is 0. The summed E-state index contributed by atoms with van der Waals surface area (Å²) in [4.78, 5) is 23.4. The molecule has 0 spiro atoms. The van der Waals surface area contributed by atoms with Crippen molar-refractivity contribution in [2.45, 2.75) is 25.7 Å². The number of rotatable bonds is 4. The van der Waals surface area contributed by atoms with Gasteiger partial charge in [-0.25, -0.2) is 0 Å². The Morgan fingerprint density at radius 1 is 0.724 bits per heavy atom. The van der Waals surface area contributed by atoms with Crippen molar-refractivity contribution in [3.05, 3.63) is 60.4 Å². The van der Waals surface area contributed by atoms with Crippen molar-refractivity contribution in [2.24, 2.45) is 0 Å². The number of amides is 1. The fraction of sp³-hybridized carbons (Fsp3) is 0.417. The molecule has 2 aromatic rings. The summed E-state index contributed by atoms with van der Waals surface area (Å²) in [7, 11) is 0. The summed E-state index contributed by atoms with van der Waals surface area (Å²) >= 11 is 0. The molecule has 2 saturated heterocycles. The molecule has 3 heterocycles. The molecule has 1 aromatic carbocycles. The Labute approximate surface area is 173 Å². The van der Waals surface area contributed by atoms with Gasteiger partial charge in [-0.1, -0.05) is 25.0 Å². The third kappa shape index (κ3) is 5.17. The largest absolute Gasteiger partial charge is 0.372 e. The van der Waals surface area contributed by atoms with Gasteiger partial charge in [0.1, 0.15) is 0 Å². The first-order valence-corrected chi connectivity index (χ1v) is 10.8. The number of carbonyl (C=O) groups excluding carboxylic acids is 1. The molecule has 152 valence electrons. The number of hydrogen-bond donors (Lipinski definition) is 0. The van der Waals surface area contributed by atoms with Gasteiger partial charge in [-0.2, -0.15) is 0 Å². The summed E-state index contributed by atoms with van der Waals surface area (Å²) < 4.78 is 0. The van der Waals surface area contributed by atoms with Crippen LogP contribution in [0.1, 0.15) is 31.2 Å². The normalized spacial score (nSPS) is 18.1. The molecule has 1 amide bonds. The molecule has 29 heavy (non-hydrogen) atoms. The topological polar surface area (TPSA) is 39.7 Å². The number of nitrogens with zero attached hydrogens (tertiary/aromatic N) is 4. The quantitative estimate of drug-likeness (QED) is 0.744. The zero-order chi connectivity index (χ0) is 19.9. The maximum atomic E-state index is 12.6. The molecule has 0 unspecified atom stereocenters. The van der Waals surface area contributed by atoms with E-state index in [1.165, 1.54) is 37.1 Å². The Morgan fingerprint density at radius 3 is 1.97 bits per heavy atom. The van der Waals surface area contributed by atoms with E-state index in [9.17, 15) is 4.79 Å². The van der Waals surface area contributed by atoms with Gasteiger partial charge in [0.2, 0.25) is 5.91 Å². The van der Waals surface area contributed by atoms with Crippen LogP contribution in [0.2, 0.25) is 0 Å². The molecule has 2 fully saturated rings. The Kier molecular flexibility index (Phi) is 6.45. The SMILES string of the molecule is O=C(C=Cc1ccc(N2CCCCCC2)cc1)N1CCN(c2ccncc2)CC1. The molecule has 2 aliphatic heterocycles. The summed E-state index contributed by atoms with van der Waals surface area (Å²) in [6.07, 6.45) is 12.5. The van der Waals surface area contributed by atoms with Crippen LogP contribution in [0.4, 0.5) is 11.4 Å². The molecule has 0 radical (unpaired) electrons. The highest BCUT2D eigenvalue weighted by Gasteiger charge is 2.19. The molecular weight excluding hydrogens is 360 g/mol. The van der Waals surface area contributed by atoms with E-state index >= 15 is 0 Å². The van der Waals surface area contributed by atoms with Gasteiger partial charge in [0.25, 0.3) is 0 Å². The minimum atomic E-state index is 0.0935. The van der Waals surface area contributed by atoms with Crippen LogP contribution in [0.5, 0.6) is 0 Å². The summed E-state index contributed by atoms with van der Waals surface area (Å²) in [5.74, 6) is 0.0935. The van der Waals surface area contributed by atoms with Gasteiger partial charge in [-0.15, -0.1) is 0 Å². The van der Waals surface area contributed by atoms with Gasteiger partial charge >= 0.3 is 0 Å². The average Bonchev–Trinajstić information content (AvgIpc) is 3.08. The van der Waals surface area contributed by atoms with E-state index in [-0.39, 0.29) is 5.91 Å². The van der Waals surface area contributed by atoms with Crippen molar-refractivity contribution >= 4 is 23.4 Å². The lowest BCUT2D eigenvalue weighted by atomic mass is 10.1. The number of piperazine rings is 1. The van der Waals surface area contributed by atoms with E-state index in [0.717, 1.165) is 44.8 Å². The van der Waals surface area contributed by atoms with Crippen LogP contribution >= 0.6 is 0 Å². The van der Waals surface area contributed by atoms with Crippen LogP contribution < -0.4 is 9.80 Å². The van der Waals surface area contributed by atoms with Gasteiger partial charge in [-0.3, -0.25) is 9.78 Å². The molecule has 0 aliphatic carbocycles. The smallest absolute Gasteiger partial charge is 0.246 e. The van der Waals surface area contributed by atoms with Crippen LogP contribution in [0.25, 0.3) is 6.08 Å². The predicted molar refractivity (Wildman–Crippen MR) is 119 cm³/mol. The first kappa shape index (κ1) is 19.5. The van der Waals surface area contributed by atoms with Crippen LogP contribution in [-0.4, -0.2) is 55.1 Å². The molecule has 0 bridgehead atoms. The highest BCUT2D eigenvalue weighted by atomic mass is 16.2. The maximum absolute atomic E-state index is 12.6. The standard InChI is InChI=1S/C24H30N4O/c29-24(28-19-17-27(18-20-28)23-11-13-25-14-12-23)10-7-21-5-8-22(9-6-21)26-15-3-1-2-4-16-26/h5-14H,1-4,15-20H2. The average molecular weight is 391 g/mol. The minimum absolute atomic E-state index is 0.0935. The van der Waals surface area contributed by atoms with Gasteiger partial charge in [0, 0.05) is 69.1 Å².